The molecule has 0 radical (unpaired) electrons. The van der Waals surface area contributed by atoms with E-state index in [-0.39, 0.29) is 6.04 Å². The molecule has 5 heteroatoms. The summed E-state index contributed by atoms with van der Waals surface area (Å²) in [6.45, 7) is 4.10. The van der Waals surface area contributed by atoms with E-state index in [4.69, 9.17) is 0 Å². The van der Waals surface area contributed by atoms with Crippen LogP contribution in [0.1, 0.15) is 23.7 Å². The highest BCUT2D eigenvalue weighted by Crippen LogP contribution is 2.24. The zero-order valence-electron chi connectivity index (χ0n) is 10.8. The fraction of sp³-hybridized carbons (Fsp3) is 0.214. The van der Waals surface area contributed by atoms with E-state index >= 15 is 0 Å². The topological polar surface area (TPSA) is 50.7 Å². The van der Waals surface area contributed by atoms with Crippen LogP contribution in [-0.2, 0) is 0 Å². The fourth-order valence-electron chi connectivity index (χ4n) is 1.98. The van der Waals surface area contributed by atoms with Crippen LogP contribution in [0.15, 0.2) is 36.0 Å². The number of hydrogen-bond donors (Lipinski definition) is 1. The van der Waals surface area contributed by atoms with Gasteiger partial charge in [0.15, 0.2) is 0 Å². The molecule has 0 saturated heterocycles. The highest BCUT2D eigenvalue weighted by atomic mass is 32.1. The van der Waals surface area contributed by atoms with Crippen molar-refractivity contribution in [2.75, 3.05) is 5.32 Å². The summed E-state index contributed by atoms with van der Waals surface area (Å²) in [5.41, 5.74) is 1.99. The third-order valence-electron chi connectivity index (χ3n) is 2.98. The van der Waals surface area contributed by atoms with Gasteiger partial charge in [0.2, 0.25) is 0 Å². The van der Waals surface area contributed by atoms with E-state index in [0.717, 1.165) is 27.4 Å². The zero-order valence-corrected chi connectivity index (χ0v) is 11.6. The number of benzene rings is 1. The molecule has 0 fully saturated rings. The Hall–Kier alpha value is -2.01. The van der Waals surface area contributed by atoms with Gasteiger partial charge < -0.3 is 5.32 Å². The molecule has 0 aliphatic heterocycles. The SMILES string of the molecule is Cc1nc(C(C)Nc2ncnc3ccccc23)cs1. The third-order valence-corrected chi connectivity index (χ3v) is 3.77. The average molecular weight is 270 g/mol. The van der Waals surface area contributed by atoms with E-state index in [1.165, 1.54) is 0 Å². The Morgan fingerprint density at radius 2 is 2.05 bits per heavy atom. The average Bonchev–Trinajstić information content (AvgIpc) is 2.86. The number of thiazole rings is 1. The number of aryl methyl sites for hydroxylation is 1. The zero-order chi connectivity index (χ0) is 13.2. The molecular weight excluding hydrogens is 256 g/mol. The van der Waals surface area contributed by atoms with Crippen LogP contribution in [0, 0.1) is 6.92 Å². The second kappa shape index (κ2) is 4.93. The van der Waals surface area contributed by atoms with Gasteiger partial charge >= 0.3 is 0 Å². The molecule has 19 heavy (non-hydrogen) atoms. The standard InChI is InChI=1S/C14H14N4S/c1-9(13-7-19-10(2)18-13)17-14-11-5-3-4-6-12(11)15-8-16-14/h3-9H,1-2H3,(H,15,16,17). The summed E-state index contributed by atoms with van der Waals surface area (Å²) in [6, 6.07) is 8.11. The van der Waals surface area contributed by atoms with Crippen LogP contribution in [0.2, 0.25) is 0 Å². The number of anilines is 1. The van der Waals surface area contributed by atoms with Crippen molar-refractivity contribution >= 4 is 28.1 Å². The summed E-state index contributed by atoms with van der Waals surface area (Å²) < 4.78 is 0. The summed E-state index contributed by atoms with van der Waals surface area (Å²) in [4.78, 5) is 13.1. The highest BCUT2D eigenvalue weighted by Gasteiger charge is 2.11. The lowest BCUT2D eigenvalue weighted by Crippen LogP contribution is -2.09. The largest absolute Gasteiger partial charge is 0.361 e. The van der Waals surface area contributed by atoms with E-state index < -0.39 is 0 Å². The van der Waals surface area contributed by atoms with Crippen molar-refractivity contribution in [3.8, 4) is 0 Å². The molecule has 0 spiro atoms. The van der Waals surface area contributed by atoms with E-state index in [0.29, 0.717) is 0 Å². The minimum Gasteiger partial charge on any atom is -0.361 e. The van der Waals surface area contributed by atoms with Crippen molar-refractivity contribution in [2.45, 2.75) is 19.9 Å². The van der Waals surface area contributed by atoms with Gasteiger partial charge in [0.05, 0.1) is 22.3 Å². The van der Waals surface area contributed by atoms with Gasteiger partial charge in [-0.1, -0.05) is 12.1 Å². The molecule has 0 aliphatic carbocycles. The van der Waals surface area contributed by atoms with Gasteiger partial charge in [-0.2, -0.15) is 0 Å². The number of nitrogens with zero attached hydrogens (tertiary/aromatic N) is 3. The minimum atomic E-state index is 0.128. The first-order valence-electron chi connectivity index (χ1n) is 6.12. The number of aromatic nitrogens is 3. The van der Waals surface area contributed by atoms with Gasteiger partial charge in [-0.25, -0.2) is 15.0 Å². The van der Waals surface area contributed by atoms with Gasteiger partial charge in [0, 0.05) is 10.8 Å². The smallest absolute Gasteiger partial charge is 0.137 e. The molecule has 1 unspecified atom stereocenters. The Labute approximate surface area is 115 Å². The maximum absolute atomic E-state index is 4.50. The summed E-state index contributed by atoms with van der Waals surface area (Å²) in [5.74, 6) is 0.851. The highest BCUT2D eigenvalue weighted by molar-refractivity contribution is 7.09. The van der Waals surface area contributed by atoms with Gasteiger partial charge in [0.1, 0.15) is 12.1 Å². The lowest BCUT2D eigenvalue weighted by atomic mass is 10.2. The van der Waals surface area contributed by atoms with E-state index in [1.54, 1.807) is 17.7 Å². The molecule has 0 saturated carbocycles. The molecule has 4 nitrogen and oxygen atoms in total. The second-order valence-corrected chi connectivity index (χ2v) is 5.46. The predicted molar refractivity (Wildman–Crippen MR) is 78.4 cm³/mol. The van der Waals surface area contributed by atoms with E-state index in [1.807, 2.05) is 31.2 Å². The Morgan fingerprint density at radius 3 is 2.84 bits per heavy atom. The summed E-state index contributed by atoms with van der Waals surface area (Å²) in [6.07, 6.45) is 1.59. The Bertz CT molecular complexity index is 702. The number of fused-ring (bicyclic) bond motifs is 1. The maximum atomic E-state index is 4.50. The van der Waals surface area contributed by atoms with Crippen molar-refractivity contribution in [1.29, 1.82) is 0 Å². The Morgan fingerprint density at radius 1 is 1.21 bits per heavy atom. The van der Waals surface area contributed by atoms with E-state index in [9.17, 15) is 0 Å². The third kappa shape index (κ3) is 2.42. The van der Waals surface area contributed by atoms with Crippen LogP contribution in [0.25, 0.3) is 10.9 Å². The molecule has 1 atom stereocenters. The molecule has 1 N–H and O–H groups in total. The quantitative estimate of drug-likeness (QED) is 0.790. The number of nitrogens with one attached hydrogen (secondary N) is 1. The summed E-state index contributed by atoms with van der Waals surface area (Å²) in [7, 11) is 0. The van der Waals surface area contributed by atoms with Gasteiger partial charge in [0.25, 0.3) is 0 Å². The lowest BCUT2D eigenvalue weighted by Gasteiger charge is -2.13. The molecule has 0 amide bonds. The molecule has 3 rings (SSSR count). The molecule has 0 bridgehead atoms. The summed E-state index contributed by atoms with van der Waals surface area (Å²) >= 11 is 1.66. The van der Waals surface area contributed by atoms with E-state index in [2.05, 4.69) is 32.6 Å². The normalized spacial score (nSPS) is 12.5. The minimum absolute atomic E-state index is 0.128. The number of rotatable bonds is 3. The number of hydrogen-bond acceptors (Lipinski definition) is 5. The monoisotopic (exact) mass is 270 g/mol. The first-order valence-corrected chi connectivity index (χ1v) is 7.00. The van der Waals surface area contributed by atoms with Crippen LogP contribution >= 0.6 is 11.3 Å². The first kappa shape index (κ1) is 12.0. The Balaban J connectivity index is 1.93. The maximum Gasteiger partial charge on any atom is 0.137 e. The molecule has 2 heterocycles. The molecular formula is C14H14N4S. The fourth-order valence-corrected chi connectivity index (χ4v) is 2.68. The van der Waals surface area contributed by atoms with Gasteiger partial charge in [-0.3, -0.25) is 0 Å². The molecule has 2 aromatic heterocycles. The Kier molecular flexibility index (Phi) is 3.13. The molecule has 1 aromatic carbocycles. The van der Waals surface area contributed by atoms with Crippen LogP contribution in [0.3, 0.4) is 0 Å². The van der Waals surface area contributed by atoms with Crippen molar-refractivity contribution in [3.05, 3.63) is 46.7 Å². The predicted octanol–water partition coefficient (Wildman–Crippen LogP) is 3.57. The van der Waals surface area contributed by atoms with Crippen LogP contribution < -0.4 is 5.32 Å². The summed E-state index contributed by atoms with van der Waals surface area (Å²) in [5, 5.41) is 7.60. The van der Waals surface area contributed by atoms with Crippen molar-refractivity contribution < 1.29 is 0 Å². The van der Waals surface area contributed by atoms with Crippen LogP contribution in [0.5, 0.6) is 0 Å². The second-order valence-electron chi connectivity index (χ2n) is 4.40. The van der Waals surface area contributed by atoms with Crippen LogP contribution in [0.4, 0.5) is 5.82 Å². The molecule has 0 aliphatic rings. The van der Waals surface area contributed by atoms with Crippen molar-refractivity contribution in [2.24, 2.45) is 0 Å². The van der Waals surface area contributed by atoms with Crippen molar-refractivity contribution in [1.82, 2.24) is 15.0 Å². The lowest BCUT2D eigenvalue weighted by molar-refractivity contribution is 0.839. The molecule has 3 aromatic rings. The van der Waals surface area contributed by atoms with Gasteiger partial charge in [-0.15, -0.1) is 11.3 Å². The van der Waals surface area contributed by atoms with Gasteiger partial charge in [-0.05, 0) is 26.0 Å². The first-order chi connectivity index (χ1) is 9.24. The van der Waals surface area contributed by atoms with Crippen LogP contribution in [-0.4, -0.2) is 15.0 Å². The molecule has 96 valence electrons. The number of para-hydroxylation sites is 1. The van der Waals surface area contributed by atoms with Crippen molar-refractivity contribution in [3.63, 3.8) is 0 Å².